The predicted molar refractivity (Wildman–Crippen MR) is 48.4 cm³/mol. The normalized spacial score (nSPS) is 34.2. The Balaban J connectivity index is 2.48. The smallest absolute Gasteiger partial charge is 0.0388 e. The minimum absolute atomic E-state index is 0.209. The molecule has 0 N–H and O–H groups in total. The Hall–Kier alpha value is 0.330. The molecular formula is C7H10BrO2S-. The van der Waals surface area contributed by atoms with E-state index in [-0.39, 0.29) is 16.5 Å². The molecule has 0 bridgehead atoms. The van der Waals surface area contributed by atoms with Crippen molar-refractivity contribution in [3.63, 3.8) is 0 Å². The summed E-state index contributed by atoms with van der Waals surface area (Å²) in [4.78, 5) is 0.209. The highest BCUT2D eigenvalue weighted by Crippen LogP contribution is 2.35. The summed E-state index contributed by atoms with van der Waals surface area (Å²) >= 11 is 1.51. The molecule has 1 fully saturated rings. The molecular weight excluding hydrogens is 228 g/mol. The van der Waals surface area contributed by atoms with Crippen molar-refractivity contribution in [2.24, 2.45) is 5.92 Å². The van der Waals surface area contributed by atoms with Gasteiger partial charge in [-0.2, -0.15) is 0 Å². The predicted octanol–water partition coefficient (Wildman–Crippen LogP) is 1.60. The summed E-state index contributed by atoms with van der Waals surface area (Å²) in [6, 6.07) is 0. The number of alkyl halides is 1. The quantitative estimate of drug-likeness (QED) is 0.416. The van der Waals surface area contributed by atoms with Crippen LogP contribution in [-0.2, 0) is 11.1 Å². The summed E-state index contributed by atoms with van der Waals surface area (Å²) in [5.41, 5.74) is 1.13. The fourth-order valence-electron chi connectivity index (χ4n) is 1.33. The fourth-order valence-corrected chi connectivity index (χ4v) is 2.97. The van der Waals surface area contributed by atoms with Crippen LogP contribution in [0.4, 0.5) is 0 Å². The van der Waals surface area contributed by atoms with Crippen LogP contribution >= 0.6 is 15.9 Å². The van der Waals surface area contributed by atoms with Crippen molar-refractivity contribution < 1.29 is 8.76 Å². The summed E-state index contributed by atoms with van der Waals surface area (Å²) in [6.07, 6.45) is 1.90. The number of halogens is 1. The van der Waals surface area contributed by atoms with Crippen LogP contribution in [0.2, 0.25) is 0 Å². The zero-order valence-electron chi connectivity index (χ0n) is 6.09. The molecule has 2 nitrogen and oxygen atoms in total. The second-order valence-electron chi connectivity index (χ2n) is 2.83. The van der Waals surface area contributed by atoms with E-state index in [4.69, 9.17) is 0 Å². The SMILES string of the molecule is C=C1CCC(CS(=O)[O-])C1Br. The van der Waals surface area contributed by atoms with Gasteiger partial charge in [-0.05, 0) is 18.8 Å². The van der Waals surface area contributed by atoms with Gasteiger partial charge in [-0.3, -0.25) is 4.21 Å². The largest absolute Gasteiger partial charge is 0.772 e. The molecule has 0 aromatic carbocycles. The first kappa shape index (κ1) is 9.42. The van der Waals surface area contributed by atoms with Gasteiger partial charge in [-0.15, -0.1) is 0 Å². The van der Waals surface area contributed by atoms with Gasteiger partial charge >= 0.3 is 0 Å². The molecule has 0 aromatic rings. The molecule has 0 heterocycles. The highest BCUT2D eigenvalue weighted by molar-refractivity contribution is 9.09. The molecule has 0 aromatic heterocycles. The molecule has 3 atom stereocenters. The first-order chi connectivity index (χ1) is 5.11. The Labute approximate surface area is 77.5 Å². The van der Waals surface area contributed by atoms with Gasteiger partial charge in [0.25, 0.3) is 0 Å². The molecule has 0 saturated heterocycles. The lowest BCUT2D eigenvalue weighted by Gasteiger charge is -2.15. The van der Waals surface area contributed by atoms with E-state index >= 15 is 0 Å². The van der Waals surface area contributed by atoms with Crippen molar-refractivity contribution in [1.29, 1.82) is 0 Å². The van der Waals surface area contributed by atoms with Gasteiger partial charge < -0.3 is 4.55 Å². The number of hydrogen-bond donors (Lipinski definition) is 0. The van der Waals surface area contributed by atoms with E-state index in [0.29, 0.717) is 0 Å². The molecule has 0 amide bonds. The van der Waals surface area contributed by atoms with Crippen LogP contribution in [0.15, 0.2) is 12.2 Å². The lowest BCUT2D eigenvalue weighted by atomic mass is 10.1. The molecule has 64 valence electrons. The van der Waals surface area contributed by atoms with E-state index < -0.39 is 11.1 Å². The Morgan fingerprint density at radius 3 is 2.82 bits per heavy atom. The van der Waals surface area contributed by atoms with E-state index in [0.717, 1.165) is 18.4 Å². The zero-order chi connectivity index (χ0) is 8.43. The van der Waals surface area contributed by atoms with Gasteiger partial charge in [0.2, 0.25) is 0 Å². The molecule has 1 saturated carbocycles. The van der Waals surface area contributed by atoms with Crippen molar-refractivity contribution in [1.82, 2.24) is 0 Å². The lowest BCUT2D eigenvalue weighted by molar-refractivity contribution is 0.518. The third-order valence-electron chi connectivity index (χ3n) is 1.99. The van der Waals surface area contributed by atoms with Crippen LogP contribution in [0, 0.1) is 5.92 Å². The highest BCUT2D eigenvalue weighted by Gasteiger charge is 2.27. The summed E-state index contributed by atoms with van der Waals surface area (Å²) in [7, 11) is 0. The van der Waals surface area contributed by atoms with Crippen LogP contribution in [0.1, 0.15) is 12.8 Å². The molecule has 3 unspecified atom stereocenters. The third kappa shape index (κ3) is 2.39. The van der Waals surface area contributed by atoms with Crippen LogP contribution in [0.3, 0.4) is 0 Å². The average molecular weight is 238 g/mol. The summed E-state index contributed by atoms with van der Waals surface area (Å²) in [5.74, 6) is 0.496. The molecule has 4 heteroatoms. The van der Waals surface area contributed by atoms with Crippen LogP contribution in [0.5, 0.6) is 0 Å². The Kier molecular flexibility index (Phi) is 3.28. The molecule has 11 heavy (non-hydrogen) atoms. The summed E-state index contributed by atoms with van der Waals surface area (Å²) in [5, 5.41) is 0. The highest BCUT2D eigenvalue weighted by atomic mass is 79.9. The minimum atomic E-state index is -1.91. The van der Waals surface area contributed by atoms with E-state index in [2.05, 4.69) is 22.5 Å². The monoisotopic (exact) mass is 237 g/mol. The van der Waals surface area contributed by atoms with E-state index in [1.54, 1.807) is 0 Å². The van der Waals surface area contributed by atoms with Crippen molar-refractivity contribution in [2.75, 3.05) is 5.75 Å². The van der Waals surface area contributed by atoms with E-state index in [1.165, 1.54) is 0 Å². The van der Waals surface area contributed by atoms with E-state index in [1.807, 2.05) is 0 Å². The summed E-state index contributed by atoms with van der Waals surface area (Å²) in [6.45, 7) is 3.84. The molecule has 1 rings (SSSR count). The topological polar surface area (TPSA) is 40.1 Å². The third-order valence-corrected chi connectivity index (χ3v) is 4.09. The van der Waals surface area contributed by atoms with Crippen LogP contribution < -0.4 is 0 Å². The van der Waals surface area contributed by atoms with Crippen molar-refractivity contribution in [3.05, 3.63) is 12.2 Å². The molecule has 0 radical (unpaired) electrons. The summed E-state index contributed by atoms with van der Waals surface area (Å²) < 4.78 is 20.7. The second kappa shape index (κ2) is 3.83. The Morgan fingerprint density at radius 1 is 1.82 bits per heavy atom. The first-order valence-electron chi connectivity index (χ1n) is 3.49. The zero-order valence-corrected chi connectivity index (χ0v) is 8.49. The van der Waals surface area contributed by atoms with Crippen molar-refractivity contribution in [2.45, 2.75) is 17.7 Å². The molecule has 0 spiro atoms. The van der Waals surface area contributed by atoms with Gasteiger partial charge in [0.1, 0.15) is 0 Å². The van der Waals surface area contributed by atoms with Crippen LogP contribution in [-0.4, -0.2) is 19.3 Å². The maximum Gasteiger partial charge on any atom is 0.0388 e. The van der Waals surface area contributed by atoms with Gasteiger partial charge in [0.15, 0.2) is 0 Å². The van der Waals surface area contributed by atoms with Crippen molar-refractivity contribution in [3.8, 4) is 0 Å². The fraction of sp³-hybridized carbons (Fsp3) is 0.714. The molecule has 0 aliphatic heterocycles. The minimum Gasteiger partial charge on any atom is -0.772 e. The Morgan fingerprint density at radius 2 is 2.45 bits per heavy atom. The maximum absolute atomic E-state index is 10.4. The second-order valence-corrected chi connectivity index (χ2v) is 4.76. The number of hydrogen-bond acceptors (Lipinski definition) is 2. The van der Waals surface area contributed by atoms with Gasteiger partial charge in [-0.25, -0.2) is 0 Å². The standard InChI is InChI=1S/C7H11BrO2S/c1-5-2-3-6(7(5)8)4-11(9)10/h6-7H,1-4H2,(H,9,10)/p-1. The molecule has 1 aliphatic carbocycles. The van der Waals surface area contributed by atoms with E-state index in [9.17, 15) is 8.76 Å². The van der Waals surface area contributed by atoms with Gasteiger partial charge in [-0.1, -0.05) is 39.2 Å². The van der Waals surface area contributed by atoms with Gasteiger partial charge in [0, 0.05) is 10.6 Å². The first-order valence-corrected chi connectivity index (χ1v) is 5.65. The Bertz CT molecular complexity index is 193. The van der Waals surface area contributed by atoms with Crippen molar-refractivity contribution >= 4 is 27.0 Å². The maximum atomic E-state index is 10.4. The number of rotatable bonds is 2. The average Bonchev–Trinajstić information content (AvgIpc) is 2.18. The van der Waals surface area contributed by atoms with Gasteiger partial charge in [0.05, 0.1) is 0 Å². The lowest BCUT2D eigenvalue weighted by Crippen LogP contribution is -2.15. The molecule has 1 aliphatic rings. The number of allylic oxidation sites excluding steroid dienone is 1. The van der Waals surface area contributed by atoms with Crippen LogP contribution in [0.25, 0.3) is 0 Å².